The Bertz CT molecular complexity index is 594. The Morgan fingerprint density at radius 3 is 2.48 bits per heavy atom. The molecule has 1 aliphatic rings. The van der Waals surface area contributed by atoms with E-state index in [1.165, 1.54) is 4.31 Å². The van der Waals surface area contributed by atoms with Crippen molar-refractivity contribution >= 4 is 15.9 Å². The van der Waals surface area contributed by atoms with Gasteiger partial charge < -0.3 is 5.32 Å². The maximum absolute atomic E-state index is 12.5. The molecular formula is C17H26N2O3S. The van der Waals surface area contributed by atoms with Gasteiger partial charge in [-0.2, -0.15) is 4.31 Å². The molecule has 2 rings (SSSR count). The maximum Gasteiger partial charge on any atom is 0.243 e. The standard InChI is InChI=1S/C17H26N2O3S/c1-2-3-11-18-17(20)14-15-9-12-19(13-10-15)23(21,22)16-7-5-4-6-8-16/h4-8,15H,2-3,9-14H2,1H3,(H,18,20). The number of piperidine rings is 1. The molecule has 1 saturated heterocycles. The second-order valence-corrected chi connectivity index (χ2v) is 8.01. The summed E-state index contributed by atoms with van der Waals surface area (Å²) in [6, 6.07) is 8.54. The SMILES string of the molecule is CCCCNC(=O)CC1CCN(S(=O)(=O)c2ccccc2)CC1. The lowest BCUT2D eigenvalue weighted by Gasteiger charge is -2.31. The second-order valence-electron chi connectivity index (χ2n) is 6.07. The number of hydrogen-bond acceptors (Lipinski definition) is 3. The Kier molecular flexibility index (Phi) is 6.59. The van der Waals surface area contributed by atoms with Gasteiger partial charge in [0.05, 0.1) is 4.90 Å². The summed E-state index contributed by atoms with van der Waals surface area (Å²) in [6.45, 7) is 3.81. The Hall–Kier alpha value is -1.40. The van der Waals surface area contributed by atoms with E-state index in [0.29, 0.717) is 24.4 Å². The van der Waals surface area contributed by atoms with E-state index in [9.17, 15) is 13.2 Å². The molecule has 1 fully saturated rings. The van der Waals surface area contributed by atoms with Crippen LogP contribution < -0.4 is 5.32 Å². The molecular weight excluding hydrogens is 312 g/mol. The van der Waals surface area contributed by atoms with Gasteiger partial charge in [-0.05, 0) is 37.3 Å². The number of rotatable bonds is 7. The van der Waals surface area contributed by atoms with Crippen LogP contribution in [0.2, 0.25) is 0 Å². The van der Waals surface area contributed by atoms with E-state index in [1.54, 1.807) is 24.3 Å². The highest BCUT2D eigenvalue weighted by Gasteiger charge is 2.29. The molecule has 0 radical (unpaired) electrons. The van der Waals surface area contributed by atoms with E-state index in [0.717, 1.165) is 32.2 Å². The predicted octanol–water partition coefficient (Wildman–Crippen LogP) is 2.39. The van der Waals surface area contributed by atoms with Gasteiger partial charge in [-0.1, -0.05) is 31.5 Å². The molecule has 0 atom stereocenters. The molecule has 128 valence electrons. The fourth-order valence-electron chi connectivity index (χ4n) is 2.83. The number of carbonyl (C=O) groups excluding carboxylic acids is 1. The van der Waals surface area contributed by atoms with Gasteiger partial charge in [0, 0.05) is 26.1 Å². The van der Waals surface area contributed by atoms with Crippen molar-refractivity contribution in [3.63, 3.8) is 0 Å². The van der Waals surface area contributed by atoms with E-state index >= 15 is 0 Å². The minimum Gasteiger partial charge on any atom is -0.356 e. The van der Waals surface area contributed by atoms with Crippen molar-refractivity contribution in [1.29, 1.82) is 0 Å². The second kappa shape index (κ2) is 8.45. The number of sulfonamides is 1. The number of carbonyl (C=O) groups is 1. The van der Waals surface area contributed by atoms with Gasteiger partial charge in [0.25, 0.3) is 0 Å². The number of hydrogen-bond donors (Lipinski definition) is 1. The summed E-state index contributed by atoms with van der Waals surface area (Å²) in [5.74, 6) is 0.363. The van der Waals surface area contributed by atoms with Crippen LogP contribution in [-0.4, -0.2) is 38.3 Å². The lowest BCUT2D eigenvalue weighted by Crippen LogP contribution is -2.39. The summed E-state index contributed by atoms with van der Waals surface area (Å²) in [5.41, 5.74) is 0. The molecule has 0 aliphatic carbocycles. The summed E-state index contributed by atoms with van der Waals surface area (Å²) in [6.07, 6.45) is 4.05. The van der Waals surface area contributed by atoms with Crippen molar-refractivity contribution in [2.24, 2.45) is 5.92 Å². The first-order chi connectivity index (χ1) is 11.0. The van der Waals surface area contributed by atoms with Gasteiger partial charge in [0.1, 0.15) is 0 Å². The minimum absolute atomic E-state index is 0.0859. The van der Waals surface area contributed by atoms with Crippen molar-refractivity contribution in [2.45, 2.75) is 43.9 Å². The Labute approximate surface area is 139 Å². The molecule has 0 saturated carbocycles. The van der Waals surface area contributed by atoms with Gasteiger partial charge in [0.15, 0.2) is 0 Å². The molecule has 23 heavy (non-hydrogen) atoms. The highest BCUT2D eigenvalue weighted by atomic mass is 32.2. The van der Waals surface area contributed by atoms with E-state index in [2.05, 4.69) is 12.2 Å². The fraction of sp³-hybridized carbons (Fsp3) is 0.588. The van der Waals surface area contributed by atoms with Crippen LogP contribution >= 0.6 is 0 Å². The van der Waals surface area contributed by atoms with Crippen LogP contribution in [0.4, 0.5) is 0 Å². The average Bonchev–Trinajstić information content (AvgIpc) is 2.56. The van der Waals surface area contributed by atoms with Crippen LogP contribution in [0, 0.1) is 5.92 Å². The lowest BCUT2D eigenvalue weighted by molar-refractivity contribution is -0.122. The maximum atomic E-state index is 12.5. The molecule has 1 N–H and O–H groups in total. The van der Waals surface area contributed by atoms with E-state index in [-0.39, 0.29) is 11.8 Å². The van der Waals surface area contributed by atoms with Crippen LogP contribution in [0.5, 0.6) is 0 Å². The van der Waals surface area contributed by atoms with Gasteiger partial charge in [0.2, 0.25) is 15.9 Å². The van der Waals surface area contributed by atoms with Crippen LogP contribution in [0.25, 0.3) is 0 Å². The van der Waals surface area contributed by atoms with Crippen LogP contribution in [-0.2, 0) is 14.8 Å². The first-order valence-corrected chi connectivity index (χ1v) is 9.80. The predicted molar refractivity (Wildman–Crippen MR) is 90.5 cm³/mol. The normalized spacial score (nSPS) is 17.1. The molecule has 1 aromatic rings. The van der Waals surface area contributed by atoms with Crippen molar-refractivity contribution in [2.75, 3.05) is 19.6 Å². The van der Waals surface area contributed by atoms with Gasteiger partial charge in [-0.3, -0.25) is 4.79 Å². The Balaban J connectivity index is 1.83. The van der Waals surface area contributed by atoms with Crippen molar-refractivity contribution < 1.29 is 13.2 Å². The summed E-state index contributed by atoms with van der Waals surface area (Å²) in [4.78, 5) is 12.2. The third kappa shape index (κ3) is 5.04. The number of nitrogens with one attached hydrogen (secondary N) is 1. The van der Waals surface area contributed by atoms with Gasteiger partial charge >= 0.3 is 0 Å². The number of amides is 1. The van der Waals surface area contributed by atoms with Crippen molar-refractivity contribution in [3.05, 3.63) is 30.3 Å². The smallest absolute Gasteiger partial charge is 0.243 e. The molecule has 0 aromatic heterocycles. The Morgan fingerprint density at radius 2 is 1.87 bits per heavy atom. The van der Waals surface area contributed by atoms with Gasteiger partial charge in [-0.15, -0.1) is 0 Å². The van der Waals surface area contributed by atoms with Crippen molar-refractivity contribution in [3.8, 4) is 0 Å². The summed E-state index contributed by atoms with van der Waals surface area (Å²) < 4.78 is 26.6. The van der Waals surface area contributed by atoms with E-state index in [4.69, 9.17) is 0 Å². The molecule has 0 spiro atoms. The highest BCUT2D eigenvalue weighted by Crippen LogP contribution is 2.25. The molecule has 1 aromatic carbocycles. The molecule has 5 nitrogen and oxygen atoms in total. The van der Waals surface area contributed by atoms with Crippen molar-refractivity contribution in [1.82, 2.24) is 9.62 Å². The third-order valence-electron chi connectivity index (χ3n) is 4.28. The zero-order chi connectivity index (χ0) is 16.7. The van der Waals surface area contributed by atoms with Crippen LogP contribution in [0.1, 0.15) is 39.0 Å². The molecule has 1 aliphatic heterocycles. The number of unbranched alkanes of at least 4 members (excludes halogenated alkanes) is 1. The largest absolute Gasteiger partial charge is 0.356 e. The molecule has 6 heteroatoms. The van der Waals surface area contributed by atoms with Gasteiger partial charge in [-0.25, -0.2) is 8.42 Å². The molecule has 0 bridgehead atoms. The fourth-order valence-corrected chi connectivity index (χ4v) is 4.32. The highest BCUT2D eigenvalue weighted by molar-refractivity contribution is 7.89. The first-order valence-electron chi connectivity index (χ1n) is 8.36. The molecule has 1 amide bonds. The topological polar surface area (TPSA) is 66.5 Å². The number of benzene rings is 1. The molecule has 0 unspecified atom stereocenters. The molecule has 1 heterocycles. The Morgan fingerprint density at radius 1 is 1.22 bits per heavy atom. The minimum atomic E-state index is -3.40. The summed E-state index contributed by atoms with van der Waals surface area (Å²) in [7, 11) is -3.40. The first kappa shape index (κ1) is 17.9. The number of nitrogens with zero attached hydrogens (tertiary/aromatic N) is 1. The third-order valence-corrected chi connectivity index (χ3v) is 6.19. The van der Waals surface area contributed by atoms with Crippen LogP contribution in [0.3, 0.4) is 0 Å². The quantitative estimate of drug-likeness (QED) is 0.776. The zero-order valence-corrected chi connectivity index (χ0v) is 14.5. The van der Waals surface area contributed by atoms with Crippen LogP contribution in [0.15, 0.2) is 35.2 Å². The monoisotopic (exact) mass is 338 g/mol. The summed E-state index contributed by atoms with van der Waals surface area (Å²) in [5, 5.41) is 2.93. The lowest BCUT2D eigenvalue weighted by atomic mass is 9.94. The van der Waals surface area contributed by atoms with E-state index in [1.807, 2.05) is 6.07 Å². The summed E-state index contributed by atoms with van der Waals surface area (Å²) >= 11 is 0. The average molecular weight is 338 g/mol. The zero-order valence-electron chi connectivity index (χ0n) is 13.7. The van der Waals surface area contributed by atoms with E-state index < -0.39 is 10.0 Å².